The van der Waals surface area contributed by atoms with Crippen molar-refractivity contribution in [1.29, 1.82) is 0 Å². The number of benzene rings is 1. The lowest BCUT2D eigenvalue weighted by Gasteiger charge is -2.03. The van der Waals surface area contributed by atoms with Crippen LogP contribution < -0.4 is 5.32 Å². The Morgan fingerprint density at radius 2 is 2.20 bits per heavy atom. The van der Waals surface area contributed by atoms with Crippen molar-refractivity contribution in [2.45, 2.75) is 6.42 Å². The highest BCUT2D eigenvalue weighted by atomic mass is 127. The number of rotatable bonds is 5. The highest BCUT2D eigenvalue weighted by molar-refractivity contribution is 14.1. The Labute approximate surface area is 136 Å². The molecule has 2 aromatic rings. The minimum absolute atomic E-state index is 0.140. The van der Waals surface area contributed by atoms with Crippen LogP contribution in [0.2, 0.25) is 5.02 Å². The highest BCUT2D eigenvalue weighted by Gasteiger charge is 1.99. The highest BCUT2D eigenvalue weighted by Crippen LogP contribution is 2.11. The fraction of sp³-hybridized carbons (Fsp3) is 0.133. The molecule has 0 aliphatic heterocycles. The summed E-state index contributed by atoms with van der Waals surface area (Å²) in [5, 5.41) is 3.52. The summed E-state index contributed by atoms with van der Waals surface area (Å²) in [4.78, 5) is 11.6. The van der Waals surface area contributed by atoms with Gasteiger partial charge in [-0.25, -0.2) is 0 Å². The zero-order valence-electron chi connectivity index (χ0n) is 10.6. The fourth-order valence-corrected chi connectivity index (χ4v) is 2.30. The second-order valence-electron chi connectivity index (χ2n) is 4.15. The topological polar surface area (TPSA) is 42.2 Å². The molecule has 1 aromatic carbocycles. The number of hydrogen-bond acceptors (Lipinski definition) is 2. The number of halogens is 2. The Kier molecular flexibility index (Phi) is 5.67. The molecule has 3 nitrogen and oxygen atoms in total. The van der Waals surface area contributed by atoms with Gasteiger partial charge < -0.3 is 9.73 Å². The molecule has 0 saturated carbocycles. The molecule has 1 amide bonds. The first-order valence-electron chi connectivity index (χ1n) is 6.09. The maximum Gasteiger partial charge on any atom is 0.244 e. The van der Waals surface area contributed by atoms with Gasteiger partial charge in [-0.1, -0.05) is 23.7 Å². The molecule has 2 rings (SSSR count). The fourth-order valence-electron chi connectivity index (χ4n) is 1.66. The Hall–Kier alpha value is -1.27. The molecule has 0 radical (unpaired) electrons. The van der Waals surface area contributed by atoms with Gasteiger partial charge in [-0.2, -0.15) is 0 Å². The summed E-state index contributed by atoms with van der Waals surface area (Å²) in [6.07, 6.45) is 3.86. The van der Waals surface area contributed by atoms with Crippen molar-refractivity contribution >= 4 is 46.2 Å². The van der Waals surface area contributed by atoms with Crippen LogP contribution in [0.5, 0.6) is 0 Å². The van der Waals surface area contributed by atoms with Gasteiger partial charge in [0.25, 0.3) is 0 Å². The molecule has 0 atom stereocenters. The van der Waals surface area contributed by atoms with Crippen LogP contribution in [0.4, 0.5) is 0 Å². The van der Waals surface area contributed by atoms with Crippen molar-refractivity contribution < 1.29 is 9.21 Å². The molecular weight excluding hydrogens is 389 g/mol. The summed E-state index contributed by atoms with van der Waals surface area (Å²) >= 11 is 7.97. The van der Waals surface area contributed by atoms with Crippen LogP contribution in [-0.2, 0) is 11.2 Å². The van der Waals surface area contributed by atoms with Crippen molar-refractivity contribution in [2.24, 2.45) is 0 Å². The number of amides is 1. The van der Waals surface area contributed by atoms with Gasteiger partial charge in [-0.3, -0.25) is 4.79 Å². The number of nitrogens with one attached hydrogen (secondary N) is 1. The number of carbonyl (C=O) groups excluding carboxylic acids is 1. The van der Waals surface area contributed by atoms with Gasteiger partial charge in [-0.15, -0.1) is 0 Å². The van der Waals surface area contributed by atoms with E-state index in [1.165, 1.54) is 6.08 Å². The van der Waals surface area contributed by atoms with Gasteiger partial charge >= 0.3 is 0 Å². The molecule has 0 fully saturated rings. The van der Waals surface area contributed by atoms with Gasteiger partial charge in [0, 0.05) is 17.6 Å². The third kappa shape index (κ3) is 5.02. The second-order valence-corrected chi connectivity index (χ2v) is 5.65. The Morgan fingerprint density at radius 3 is 2.90 bits per heavy atom. The summed E-state index contributed by atoms with van der Waals surface area (Å²) in [5.74, 6) is 0.526. The third-order valence-electron chi connectivity index (χ3n) is 2.59. The molecule has 0 unspecified atom stereocenters. The van der Waals surface area contributed by atoms with Crippen LogP contribution in [0.25, 0.3) is 6.08 Å². The molecule has 0 bridgehead atoms. The first-order valence-corrected chi connectivity index (χ1v) is 7.55. The van der Waals surface area contributed by atoms with E-state index in [2.05, 4.69) is 27.9 Å². The summed E-state index contributed by atoms with van der Waals surface area (Å²) in [6.45, 7) is 0.569. The predicted molar refractivity (Wildman–Crippen MR) is 88.6 cm³/mol. The lowest BCUT2D eigenvalue weighted by Crippen LogP contribution is -2.23. The van der Waals surface area contributed by atoms with Crippen LogP contribution in [0, 0.1) is 3.77 Å². The molecule has 1 N–H and O–H groups in total. The van der Waals surface area contributed by atoms with Crippen LogP contribution in [0.3, 0.4) is 0 Å². The maximum atomic E-state index is 11.6. The summed E-state index contributed by atoms with van der Waals surface area (Å²) < 4.78 is 6.12. The number of carbonyl (C=O) groups is 1. The van der Waals surface area contributed by atoms with Gasteiger partial charge in [0.15, 0.2) is 3.77 Å². The Bertz CT molecular complexity index is 622. The average molecular weight is 402 g/mol. The van der Waals surface area contributed by atoms with Crippen molar-refractivity contribution in [3.05, 3.63) is 62.6 Å². The normalized spacial score (nSPS) is 10.9. The average Bonchev–Trinajstić information content (AvgIpc) is 2.82. The minimum atomic E-state index is -0.140. The maximum absolute atomic E-state index is 11.6. The zero-order valence-corrected chi connectivity index (χ0v) is 13.5. The van der Waals surface area contributed by atoms with Gasteiger partial charge in [0.1, 0.15) is 5.76 Å². The summed E-state index contributed by atoms with van der Waals surface area (Å²) in [7, 11) is 0. The van der Waals surface area contributed by atoms with E-state index in [4.69, 9.17) is 16.0 Å². The van der Waals surface area contributed by atoms with Crippen molar-refractivity contribution in [2.75, 3.05) is 6.54 Å². The number of furan rings is 1. The van der Waals surface area contributed by atoms with Gasteiger partial charge in [-0.05, 0) is 64.9 Å². The van der Waals surface area contributed by atoms with Crippen molar-refractivity contribution in [3.63, 3.8) is 0 Å². The molecule has 5 heteroatoms. The molecular formula is C15H13ClINO2. The van der Waals surface area contributed by atoms with E-state index in [0.29, 0.717) is 17.3 Å². The monoisotopic (exact) mass is 401 g/mol. The lowest BCUT2D eigenvalue weighted by molar-refractivity contribution is -0.116. The largest absolute Gasteiger partial charge is 0.451 e. The minimum Gasteiger partial charge on any atom is -0.451 e. The molecule has 0 saturated heterocycles. The Balaban J connectivity index is 1.76. The van der Waals surface area contributed by atoms with Gasteiger partial charge in [0.05, 0.1) is 0 Å². The molecule has 20 heavy (non-hydrogen) atoms. The molecule has 0 spiro atoms. The van der Waals surface area contributed by atoms with E-state index in [1.54, 1.807) is 6.08 Å². The lowest BCUT2D eigenvalue weighted by atomic mass is 10.1. The van der Waals surface area contributed by atoms with Crippen LogP contribution in [-0.4, -0.2) is 12.5 Å². The molecule has 104 valence electrons. The van der Waals surface area contributed by atoms with Gasteiger partial charge in [0.2, 0.25) is 5.91 Å². The molecule has 1 aromatic heterocycles. The molecule has 1 heterocycles. The quantitative estimate of drug-likeness (QED) is 0.610. The van der Waals surface area contributed by atoms with Crippen LogP contribution >= 0.6 is 34.2 Å². The first-order chi connectivity index (χ1) is 9.63. The molecule has 0 aliphatic rings. The summed E-state index contributed by atoms with van der Waals surface area (Å²) in [6, 6.07) is 11.3. The smallest absolute Gasteiger partial charge is 0.244 e. The zero-order chi connectivity index (χ0) is 14.4. The second kappa shape index (κ2) is 7.50. The van der Waals surface area contributed by atoms with E-state index >= 15 is 0 Å². The van der Waals surface area contributed by atoms with E-state index in [9.17, 15) is 4.79 Å². The van der Waals surface area contributed by atoms with E-state index in [-0.39, 0.29) is 5.91 Å². The standard InChI is InChI=1S/C15H13ClINO2/c16-12-3-1-2-11(10-12)8-9-18-15(19)7-5-13-4-6-14(17)20-13/h1-7,10H,8-9H2,(H,18,19)/b7-5+. The number of hydrogen-bond donors (Lipinski definition) is 1. The van der Waals surface area contributed by atoms with Crippen LogP contribution in [0.15, 0.2) is 46.9 Å². The summed E-state index contributed by atoms with van der Waals surface area (Å²) in [5.41, 5.74) is 1.10. The predicted octanol–water partition coefficient (Wildman–Crippen LogP) is 3.91. The van der Waals surface area contributed by atoms with Crippen molar-refractivity contribution in [3.8, 4) is 0 Å². The van der Waals surface area contributed by atoms with Crippen molar-refractivity contribution in [1.82, 2.24) is 5.32 Å². The van der Waals surface area contributed by atoms with E-state index in [1.807, 2.05) is 36.4 Å². The van der Waals surface area contributed by atoms with E-state index < -0.39 is 0 Å². The first kappa shape index (κ1) is 15.1. The third-order valence-corrected chi connectivity index (χ3v) is 3.41. The van der Waals surface area contributed by atoms with Crippen LogP contribution in [0.1, 0.15) is 11.3 Å². The molecule has 0 aliphatic carbocycles. The SMILES string of the molecule is O=C(/C=C/c1ccc(I)o1)NCCc1cccc(Cl)c1. The Morgan fingerprint density at radius 1 is 1.35 bits per heavy atom. The van der Waals surface area contributed by atoms with E-state index in [0.717, 1.165) is 15.8 Å².